The van der Waals surface area contributed by atoms with Crippen LogP contribution in [0.1, 0.15) is 5.56 Å². The number of benzene rings is 2. The maximum atomic E-state index is 12.1. The van der Waals surface area contributed by atoms with Crippen LogP contribution in [0.2, 0.25) is 0 Å². The Balaban J connectivity index is 2.21. The summed E-state index contributed by atoms with van der Waals surface area (Å²) in [6, 6.07) is 16.5. The molecule has 5 heteroatoms. The lowest BCUT2D eigenvalue weighted by Gasteiger charge is -2.06. The summed E-state index contributed by atoms with van der Waals surface area (Å²) in [5, 5.41) is 11.9. The standard InChI is InChI=1S/C16H10Br2N2O/c17-13-7-5-11(6-8-13)9-12(10-19)16(21)20-15-4-2-1-3-14(15)18/h1-9H,(H,20,21). The topological polar surface area (TPSA) is 52.9 Å². The Morgan fingerprint density at radius 3 is 2.38 bits per heavy atom. The first-order valence-corrected chi connectivity index (χ1v) is 7.62. The van der Waals surface area contributed by atoms with Gasteiger partial charge in [-0.25, -0.2) is 0 Å². The van der Waals surface area contributed by atoms with E-state index in [2.05, 4.69) is 37.2 Å². The molecule has 1 amide bonds. The van der Waals surface area contributed by atoms with Crippen LogP contribution < -0.4 is 5.32 Å². The van der Waals surface area contributed by atoms with Crippen molar-refractivity contribution in [2.75, 3.05) is 5.32 Å². The zero-order valence-corrected chi connectivity index (χ0v) is 14.0. The molecule has 0 aromatic heterocycles. The van der Waals surface area contributed by atoms with E-state index in [1.807, 2.05) is 48.5 Å². The van der Waals surface area contributed by atoms with E-state index in [1.54, 1.807) is 12.1 Å². The zero-order chi connectivity index (χ0) is 15.2. The maximum Gasteiger partial charge on any atom is 0.266 e. The Morgan fingerprint density at radius 2 is 1.76 bits per heavy atom. The number of carbonyl (C=O) groups excluding carboxylic acids is 1. The summed E-state index contributed by atoms with van der Waals surface area (Å²) in [6.45, 7) is 0. The molecule has 0 saturated carbocycles. The van der Waals surface area contributed by atoms with Crippen LogP contribution >= 0.6 is 31.9 Å². The van der Waals surface area contributed by atoms with Gasteiger partial charge in [-0.15, -0.1) is 0 Å². The Morgan fingerprint density at radius 1 is 1.10 bits per heavy atom. The molecule has 1 N–H and O–H groups in total. The van der Waals surface area contributed by atoms with Crippen LogP contribution in [0.25, 0.3) is 6.08 Å². The lowest BCUT2D eigenvalue weighted by molar-refractivity contribution is -0.112. The third kappa shape index (κ3) is 4.28. The van der Waals surface area contributed by atoms with Crippen LogP contribution in [0.5, 0.6) is 0 Å². The molecule has 0 unspecified atom stereocenters. The number of carbonyl (C=O) groups is 1. The maximum absolute atomic E-state index is 12.1. The van der Waals surface area contributed by atoms with E-state index < -0.39 is 5.91 Å². The lowest BCUT2D eigenvalue weighted by Crippen LogP contribution is -2.13. The fourth-order valence-electron chi connectivity index (χ4n) is 1.63. The molecule has 0 heterocycles. The van der Waals surface area contributed by atoms with Gasteiger partial charge in [-0.2, -0.15) is 5.26 Å². The van der Waals surface area contributed by atoms with E-state index in [0.29, 0.717) is 5.69 Å². The van der Waals surface area contributed by atoms with Crippen molar-refractivity contribution in [3.8, 4) is 6.07 Å². The van der Waals surface area contributed by atoms with E-state index in [4.69, 9.17) is 5.26 Å². The number of nitriles is 1. The van der Waals surface area contributed by atoms with Gasteiger partial charge in [-0.1, -0.05) is 40.2 Å². The SMILES string of the molecule is N#CC(=Cc1ccc(Br)cc1)C(=O)Nc1ccccc1Br. The second-order valence-electron chi connectivity index (χ2n) is 4.16. The highest BCUT2D eigenvalue weighted by molar-refractivity contribution is 9.10. The molecule has 0 fully saturated rings. The minimum absolute atomic E-state index is 0.0491. The molecule has 104 valence electrons. The van der Waals surface area contributed by atoms with Crippen molar-refractivity contribution in [2.24, 2.45) is 0 Å². The highest BCUT2D eigenvalue weighted by Crippen LogP contribution is 2.22. The molecule has 0 aliphatic carbocycles. The van der Waals surface area contributed by atoms with Crippen LogP contribution in [0.3, 0.4) is 0 Å². The molecule has 2 aromatic carbocycles. The molecule has 3 nitrogen and oxygen atoms in total. The summed E-state index contributed by atoms with van der Waals surface area (Å²) in [7, 11) is 0. The first-order valence-electron chi connectivity index (χ1n) is 6.03. The Hall–Kier alpha value is -1.90. The number of nitrogens with one attached hydrogen (secondary N) is 1. The lowest BCUT2D eigenvalue weighted by atomic mass is 10.1. The van der Waals surface area contributed by atoms with E-state index in [-0.39, 0.29) is 5.57 Å². The number of rotatable bonds is 3. The number of hydrogen-bond donors (Lipinski definition) is 1. The second kappa shape index (κ2) is 7.21. The van der Waals surface area contributed by atoms with Gasteiger partial charge in [-0.05, 0) is 51.8 Å². The predicted molar refractivity (Wildman–Crippen MR) is 90.5 cm³/mol. The minimum atomic E-state index is -0.438. The monoisotopic (exact) mass is 404 g/mol. The molecule has 0 saturated heterocycles. The quantitative estimate of drug-likeness (QED) is 0.591. The van der Waals surface area contributed by atoms with Gasteiger partial charge >= 0.3 is 0 Å². The van der Waals surface area contributed by atoms with E-state index in [9.17, 15) is 4.79 Å². The molecule has 0 aliphatic rings. The zero-order valence-electron chi connectivity index (χ0n) is 10.8. The van der Waals surface area contributed by atoms with E-state index >= 15 is 0 Å². The van der Waals surface area contributed by atoms with Crippen LogP contribution in [0, 0.1) is 11.3 Å². The molecule has 2 aromatic rings. The van der Waals surface area contributed by atoms with Gasteiger partial charge in [0.05, 0.1) is 5.69 Å². The predicted octanol–water partition coefficient (Wildman–Crippen LogP) is 4.76. The van der Waals surface area contributed by atoms with Crippen molar-refractivity contribution in [3.63, 3.8) is 0 Å². The highest BCUT2D eigenvalue weighted by atomic mass is 79.9. The number of halogens is 2. The summed E-state index contributed by atoms with van der Waals surface area (Å²) >= 11 is 6.69. The molecule has 2 rings (SSSR count). The number of amides is 1. The van der Waals surface area contributed by atoms with Crippen LogP contribution in [-0.4, -0.2) is 5.91 Å². The number of hydrogen-bond acceptors (Lipinski definition) is 2. The van der Waals surface area contributed by atoms with Gasteiger partial charge in [0.2, 0.25) is 0 Å². The molecule has 0 bridgehead atoms. The van der Waals surface area contributed by atoms with E-state index in [0.717, 1.165) is 14.5 Å². The third-order valence-electron chi connectivity index (χ3n) is 2.67. The third-order valence-corrected chi connectivity index (χ3v) is 3.89. The first kappa shape index (κ1) is 15.5. The van der Waals surface area contributed by atoms with E-state index in [1.165, 1.54) is 0 Å². The fraction of sp³-hybridized carbons (Fsp3) is 0. The molecule has 0 atom stereocenters. The number of nitrogens with zero attached hydrogens (tertiary/aromatic N) is 1. The van der Waals surface area contributed by atoms with Gasteiger partial charge < -0.3 is 5.32 Å². The summed E-state index contributed by atoms with van der Waals surface area (Å²) < 4.78 is 1.70. The van der Waals surface area contributed by atoms with Crippen molar-refractivity contribution in [1.29, 1.82) is 5.26 Å². The van der Waals surface area contributed by atoms with Crippen LogP contribution in [0.15, 0.2) is 63.0 Å². The molecule has 21 heavy (non-hydrogen) atoms. The number of anilines is 1. The Bertz CT molecular complexity index is 731. The summed E-state index contributed by atoms with van der Waals surface area (Å²) in [5.41, 5.74) is 1.46. The van der Waals surface area contributed by atoms with Crippen molar-refractivity contribution >= 4 is 49.5 Å². The second-order valence-corrected chi connectivity index (χ2v) is 5.93. The molecule has 0 radical (unpaired) electrons. The fourth-order valence-corrected chi connectivity index (χ4v) is 2.27. The molecule has 0 aliphatic heterocycles. The van der Waals surface area contributed by atoms with Gasteiger partial charge in [0.15, 0.2) is 0 Å². The minimum Gasteiger partial charge on any atom is -0.320 e. The summed E-state index contributed by atoms with van der Waals surface area (Å²) in [4.78, 5) is 12.1. The first-order chi connectivity index (χ1) is 10.1. The van der Waals surface area contributed by atoms with Crippen molar-refractivity contribution < 1.29 is 4.79 Å². The van der Waals surface area contributed by atoms with Crippen LogP contribution in [0.4, 0.5) is 5.69 Å². The molecular weight excluding hydrogens is 396 g/mol. The van der Waals surface area contributed by atoms with Crippen molar-refractivity contribution in [2.45, 2.75) is 0 Å². The van der Waals surface area contributed by atoms with Gasteiger partial charge in [0, 0.05) is 8.95 Å². The Kier molecular flexibility index (Phi) is 5.32. The summed E-state index contributed by atoms with van der Waals surface area (Å²) in [5.74, 6) is -0.438. The van der Waals surface area contributed by atoms with Crippen LogP contribution in [-0.2, 0) is 4.79 Å². The van der Waals surface area contributed by atoms with Gasteiger partial charge in [0.1, 0.15) is 11.6 Å². The van der Waals surface area contributed by atoms with Gasteiger partial charge in [-0.3, -0.25) is 4.79 Å². The number of para-hydroxylation sites is 1. The largest absolute Gasteiger partial charge is 0.320 e. The van der Waals surface area contributed by atoms with Crippen molar-refractivity contribution in [3.05, 3.63) is 68.6 Å². The summed E-state index contributed by atoms with van der Waals surface area (Å²) in [6.07, 6.45) is 1.55. The average Bonchev–Trinajstić information content (AvgIpc) is 2.49. The smallest absolute Gasteiger partial charge is 0.266 e. The van der Waals surface area contributed by atoms with Crippen molar-refractivity contribution in [1.82, 2.24) is 0 Å². The van der Waals surface area contributed by atoms with Gasteiger partial charge in [0.25, 0.3) is 5.91 Å². The molecule has 0 spiro atoms. The average molecular weight is 406 g/mol. The normalized spacial score (nSPS) is 10.8. The molecular formula is C16H10Br2N2O. The Labute approximate surface area is 139 Å². The highest BCUT2D eigenvalue weighted by Gasteiger charge is 2.10.